The standard InChI is InChI=1S/C89H168NO8P/c1-6-8-10-12-14-16-18-20-22-24-26-28-30-32-34-36-38-40-42-43-44-45-46-48-49-51-53-55-57-59-61-63-65-67-69-71-73-75-77-79-81-88(91)95-85-87(86-97-99(93,94)96-84-83-90(3,4)5)98-89(92)82-80-78-76-74-72-70-68-66-64-62-60-58-56-54-52-50-47-41-39-37-35-33-31-29-27-25-23-21-19-17-15-13-11-9-7-2/h9,11,15,17,21,23,27,29,33,35,87H,6-8,10,12-14,16,18-20,22,24-26,28,30-32,34,36-86H2,1-5H3/b11-9-,17-15-,23-21-,29-27-,35-33-. The number of phosphoric ester groups is 1. The first-order chi connectivity index (χ1) is 48.5. The fourth-order valence-corrected chi connectivity index (χ4v) is 14.0. The molecule has 0 rings (SSSR count). The van der Waals surface area contributed by atoms with Crippen LogP contribution in [0.1, 0.15) is 444 Å². The Balaban J connectivity index is 3.86. The van der Waals surface area contributed by atoms with Crippen molar-refractivity contribution in [1.82, 2.24) is 0 Å². The van der Waals surface area contributed by atoms with Crippen LogP contribution in [0.15, 0.2) is 60.8 Å². The third-order valence-corrected chi connectivity index (χ3v) is 20.8. The second-order valence-corrected chi connectivity index (χ2v) is 32.3. The van der Waals surface area contributed by atoms with E-state index in [4.69, 9.17) is 18.5 Å². The Morgan fingerprint density at radius 3 is 0.859 bits per heavy atom. The van der Waals surface area contributed by atoms with E-state index in [1.54, 1.807) is 0 Å². The molecule has 0 aromatic heterocycles. The highest BCUT2D eigenvalue weighted by Crippen LogP contribution is 2.38. The number of quaternary nitrogens is 1. The zero-order chi connectivity index (χ0) is 71.8. The summed E-state index contributed by atoms with van der Waals surface area (Å²) in [4.78, 5) is 38.2. The maximum absolute atomic E-state index is 12.9. The van der Waals surface area contributed by atoms with Crippen molar-refractivity contribution in [3.05, 3.63) is 60.8 Å². The van der Waals surface area contributed by atoms with Crippen molar-refractivity contribution in [1.29, 1.82) is 0 Å². The smallest absolute Gasteiger partial charge is 0.306 e. The molecule has 0 aliphatic carbocycles. The molecule has 0 amide bonds. The van der Waals surface area contributed by atoms with E-state index in [2.05, 4.69) is 74.6 Å². The van der Waals surface area contributed by atoms with E-state index >= 15 is 0 Å². The SMILES string of the molecule is CC/C=C\C/C=C\C/C=C\C/C=C\C/C=C\CCCCCCCCCCCCCCCCCCCCCC(=O)OC(COC(=O)CCCCCCCCCCCCCCCCCCCCCCCCCCCCCCCCCCCCCCCCCC)COP(=O)([O-])OCC[N+](C)(C)C. The molecule has 0 N–H and O–H groups in total. The highest BCUT2D eigenvalue weighted by molar-refractivity contribution is 7.45. The van der Waals surface area contributed by atoms with E-state index in [1.807, 2.05) is 21.1 Å². The highest BCUT2D eigenvalue weighted by Gasteiger charge is 2.22. The van der Waals surface area contributed by atoms with E-state index in [0.29, 0.717) is 17.4 Å². The predicted octanol–water partition coefficient (Wildman–Crippen LogP) is 28.6. The van der Waals surface area contributed by atoms with Gasteiger partial charge in [-0.3, -0.25) is 14.2 Å². The molecule has 0 heterocycles. The lowest BCUT2D eigenvalue weighted by molar-refractivity contribution is -0.870. The van der Waals surface area contributed by atoms with Crippen molar-refractivity contribution in [3.63, 3.8) is 0 Å². The minimum absolute atomic E-state index is 0.0284. The van der Waals surface area contributed by atoms with Gasteiger partial charge in [-0.2, -0.15) is 0 Å². The van der Waals surface area contributed by atoms with Crippen LogP contribution in [0.2, 0.25) is 0 Å². The molecule has 0 radical (unpaired) electrons. The van der Waals surface area contributed by atoms with Crippen molar-refractivity contribution in [3.8, 4) is 0 Å². The van der Waals surface area contributed by atoms with Crippen molar-refractivity contribution in [2.45, 2.75) is 450 Å². The van der Waals surface area contributed by atoms with E-state index in [9.17, 15) is 19.0 Å². The van der Waals surface area contributed by atoms with Crippen LogP contribution in [0.4, 0.5) is 0 Å². The van der Waals surface area contributed by atoms with Gasteiger partial charge in [0.1, 0.15) is 19.8 Å². The summed E-state index contributed by atoms with van der Waals surface area (Å²) in [6.45, 7) is 4.21. The summed E-state index contributed by atoms with van der Waals surface area (Å²) in [5.41, 5.74) is 0. The van der Waals surface area contributed by atoms with Crippen molar-refractivity contribution < 1.29 is 42.1 Å². The molecule has 0 aromatic rings. The zero-order valence-electron chi connectivity index (χ0n) is 66.7. The first-order valence-corrected chi connectivity index (χ1v) is 45.0. The Bertz CT molecular complexity index is 1860. The predicted molar refractivity (Wildman–Crippen MR) is 430 cm³/mol. The van der Waals surface area contributed by atoms with Crippen LogP contribution in [0, 0.1) is 0 Å². The number of unbranched alkanes of at least 4 members (excludes halogenated alkanes) is 58. The van der Waals surface area contributed by atoms with Crippen LogP contribution < -0.4 is 4.89 Å². The maximum atomic E-state index is 12.9. The van der Waals surface area contributed by atoms with Crippen LogP contribution in [0.5, 0.6) is 0 Å². The Hall–Kier alpha value is -2.29. The van der Waals surface area contributed by atoms with Crippen LogP contribution in [0.25, 0.3) is 0 Å². The summed E-state index contributed by atoms with van der Waals surface area (Å²) in [6.07, 6.45) is 108. The topological polar surface area (TPSA) is 111 Å². The lowest BCUT2D eigenvalue weighted by Gasteiger charge is -2.28. The molecule has 10 heteroatoms. The number of likely N-dealkylation sites (N-methyl/N-ethyl adjacent to an activating group) is 1. The van der Waals surface area contributed by atoms with Crippen LogP contribution in [-0.4, -0.2) is 70.0 Å². The number of phosphoric acid groups is 1. The minimum atomic E-state index is -4.65. The molecular formula is C89H168NO8P. The summed E-state index contributed by atoms with van der Waals surface area (Å²) < 4.78 is 34.5. The van der Waals surface area contributed by atoms with Crippen LogP contribution in [-0.2, 0) is 32.7 Å². The number of hydrogen-bond acceptors (Lipinski definition) is 8. The molecule has 582 valence electrons. The van der Waals surface area contributed by atoms with Gasteiger partial charge in [-0.25, -0.2) is 0 Å². The van der Waals surface area contributed by atoms with Gasteiger partial charge >= 0.3 is 11.9 Å². The summed E-state index contributed by atoms with van der Waals surface area (Å²) in [6, 6.07) is 0. The molecule has 0 aliphatic rings. The number of nitrogens with zero attached hydrogens (tertiary/aromatic N) is 1. The molecule has 0 saturated heterocycles. The van der Waals surface area contributed by atoms with E-state index in [1.165, 1.54) is 347 Å². The number of allylic oxidation sites excluding steroid dienone is 10. The van der Waals surface area contributed by atoms with Crippen LogP contribution in [0.3, 0.4) is 0 Å². The average molecular weight is 1410 g/mol. The number of carbonyl (C=O) groups is 2. The van der Waals surface area contributed by atoms with Crippen LogP contribution >= 0.6 is 7.82 Å². The molecule has 0 aromatic carbocycles. The fourth-order valence-electron chi connectivity index (χ4n) is 13.2. The Morgan fingerprint density at radius 2 is 0.576 bits per heavy atom. The van der Waals surface area contributed by atoms with Gasteiger partial charge in [0.05, 0.1) is 27.7 Å². The monoisotopic (exact) mass is 1410 g/mol. The number of carbonyl (C=O) groups excluding carboxylic acids is 2. The summed E-state index contributed by atoms with van der Waals surface area (Å²) in [7, 11) is 1.19. The van der Waals surface area contributed by atoms with Crippen molar-refractivity contribution >= 4 is 19.8 Å². The molecule has 0 spiro atoms. The van der Waals surface area contributed by atoms with E-state index < -0.39 is 26.5 Å². The lowest BCUT2D eigenvalue weighted by atomic mass is 10.0. The number of ether oxygens (including phenoxy) is 2. The Labute approximate surface area is 616 Å². The molecule has 0 bridgehead atoms. The molecular weight excluding hydrogens is 1240 g/mol. The second-order valence-electron chi connectivity index (χ2n) is 30.9. The second kappa shape index (κ2) is 79.8. The first-order valence-electron chi connectivity index (χ1n) is 43.5. The molecule has 9 nitrogen and oxygen atoms in total. The average Bonchev–Trinajstić information content (AvgIpc) is 1.06. The quantitative estimate of drug-likeness (QED) is 0.0195. The number of esters is 2. The van der Waals surface area contributed by atoms with Crippen molar-refractivity contribution in [2.24, 2.45) is 0 Å². The Kier molecular flexibility index (Phi) is 78.0. The normalized spacial score (nSPS) is 13.2. The van der Waals surface area contributed by atoms with Gasteiger partial charge in [0.15, 0.2) is 6.10 Å². The molecule has 2 unspecified atom stereocenters. The lowest BCUT2D eigenvalue weighted by Crippen LogP contribution is -2.37. The summed E-state index contributed by atoms with van der Waals surface area (Å²) >= 11 is 0. The number of hydrogen-bond donors (Lipinski definition) is 0. The fraction of sp³-hybridized carbons (Fsp3) is 0.865. The Morgan fingerprint density at radius 1 is 0.323 bits per heavy atom. The van der Waals surface area contributed by atoms with Gasteiger partial charge < -0.3 is 27.9 Å². The van der Waals surface area contributed by atoms with Gasteiger partial charge in [-0.05, 0) is 57.8 Å². The first kappa shape index (κ1) is 96.7. The molecule has 2 atom stereocenters. The third kappa shape index (κ3) is 84.5. The molecule has 0 aliphatic heterocycles. The number of rotatable bonds is 82. The third-order valence-electron chi connectivity index (χ3n) is 19.8. The van der Waals surface area contributed by atoms with Crippen molar-refractivity contribution in [2.75, 3.05) is 47.5 Å². The maximum Gasteiger partial charge on any atom is 0.306 e. The van der Waals surface area contributed by atoms with E-state index in [-0.39, 0.29) is 32.0 Å². The highest BCUT2D eigenvalue weighted by atomic mass is 31.2. The van der Waals surface area contributed by atoms with Gasteiger partial charge in [0.2, 0.25) is 0 Å². The summed E-state index contributed by atoms with van der Waals surface area (Å²) in [5.74, 6) is -0.808. The van der Waals surface area contributed by atoms with E-state index in [0.717, 1.165) is 64.2 Å². The zero-order valence-corrected chi connectivity index (χ0v) is 67.6. The van der Waals surface area contributed by atoms with Gasteiger partial charge in [0.25, 0.3) is 7.82 Å². The molecule has 99 heavy (non-hydrogen) atoms. The van der Waals surface area contributed by atoms with Gasteiger partial charge in [-0.15, -0.1) is 0 Å². The molecule has 0 fully saturated rings. The summed E-state index contributed by atoms with van der Waals surface area (Å²) in [5, 5.41) is 0. The largest absolute Gasteiger partial charge is 0.756 e. The van der Waals surface area contributed by atoms with Gasteiger partial charge in [-0.1, -0.05) is 434 Å². The minimum Gasteiger partial charge on any atom is -0.756 e. The van der Waals surface area contributed by atoms with Gasteiger partial charge in [0, 0.05) is 12.8 Å². The molecule has 0 saturated carbocycles.